The van der Waals surface area contributed by atoms with Gasteiger partial charge in [0.1, 0.15) is 5.78 Å². The van der Waals surface area contributed by atoms with Crippen LogP contribution in [0.2, 0.25) is 0 Å². The monoisotopic (exact) mass is 228 g/mol. The predicted octanol–water partition coefficient (Wildman–Crippen LogP) is 1.32. The number of rotatable bonds is 5. The van der Waals surface area contributed by atoms with E-state index in [-0.39, 0.29) is 18.0 Å². The van der Waals surface area contributed by atoms with Crippen LogP contribution < -0.4 is 0 Å². The topological polar surface area (TPSA) is 77.8 Å². The Morgan fingerprint density at radius 2 is 2.12 bits per heavy atom. The highest BCUT2D eigenvalue weighted by Gasteiger charge is 2.35. The third-order valence-electron chi connectivity index (χ3n) is 2.96. The third-order valence-corrected chi connectivity index (χ3v) is 2.96. The second-order valence-corrected chi connectivity index (χ2v) is 4.37. The van der Waals surface area contributed by atoms with E-state index < -0.39 is 18.1 Å². The van der Waals surface area contributed by atoms with E-state index in [9.17, 15) is 20.1 Å². The first-order valence-corrected chi connectivity index (χ1v) is 5.84. The standard InChI is InChI=1S/C12H20O4/c1-2-3-4-5-9(14)12-10(15)6-8(13)7-11(12)16/h6,10-13,15-16H,2-5,7H2,1H3. The quantitative estimate of drug-likeness (QED) is 0.620. The van der Waals surface area contributed by atoms with Gasteiger partial charge in [-0.25, -0.2) is 0 Å². The zero-order valence-electron chi connectivity index (χ0n) is 9.59. The Kier molecular flexibility index (Phi) is 4.96. The molecule has 1 aliphatic carbocycles. The molecule has 1 rings (SSSR count). The summed E-state index contributed by atoms with van der Waals surface area (Å²) < 4.78 is 0. The molecule has 4 heteroatoms. The van der Waals surface area contributed by atoms with Gasteiger partial charge in [0.25, 0.3) is 0 Å². The molecule has 0 bridgehead atoms. The lowest BCUT2D eigenvalue weighted by atomic mass is 9.83. The average Bonchev–Trinajstić information content (AvgIpc) is 2.16. The normalized spacial score (nSPS) is 29.9. The fourth-order valence-corrected chi connectivity index (χ4v) is 2.06. The van der Waals surface area contributed by atoms with Crippen molar-refractivity contribution in [3.63, 3.8) is 0 Å². The first-order valence-electron chi connectivity index (χ1n) is 5.84. The zero-order valence-corrected chi connectivity index (χ0v) is 9.59. The van der Waals surface area contributed by atoms with Crippen LogP contribution in [0, 0.1) is 5.92 Å². The molecule has 1 aliphatic rings. The largest absolute Gasteiger partial charge is 0.512 e. The van der Waals surface area contributed by atoms with Crippen molar-refractivity contribution in [2.24, 2.45) is 5.92 Å². The van der Waals surface area contributed by atoms with Crippen molar-refractivity contribution in [3.05, 3.63) is 11.8 Å². The molecule has 0 saturated heterocycles. The fraction of sp³-hybridized carbons (Fsp3) is 0.750. The van der Waals surface area contributed by atoms with E-state index in [0.717, 1.165) is 19.3 Å². The summed E-state index contributed by atoms with van der Waals surface area (Å²) in [6.07, 6.45) is 2.47. The summed E-state index contributed by atoms with van der Waals surface area (Å²) in [4.78, 5) is 11.8. The number of hydrogen-bond acceptors (Lipinski definition) is 4. The highest BCUT2D eigenvalue weighted by atomic mass is 16.3. The van der Waals surface area contributed by atoms with Crippen LogP contribution in [0.1, 0.15) is 39.0 Å². The summed E-state index contributed by atoms with van der Waals surface area (Å²) >= 11 is 0. The molecule has 0 heterocycles. The molecule has 0 aromatic heterocycles. The Morgan fingerprint density at radius 1 is 1.44 bits per heavy atom. The van der Waals surface area contributed by atoms with E-state index in [4.69, 9.17) is 0 Å². The van der Waals surface area contributed by atoms with E-state index in [2.05, 4.69) is 6.92 Å². The Hall–Kier alpha value is -0.870. The van der Waals surface area contributed by atoms with Crippen LogP contribution in [-0.4, -0.2) is 33.3 Å². The number of ketones is 1. The van der Waals surface area contributed by atoms with E-state index in [1.807, 2.05) is 0 Å². The van der Waals surface area contributed by atoms with Gasteiger partial charge in [-0.15, -0.1) is 0 Å². The van der Waals surface area contributed by atoms with Crippen molar-refractivity contribution in [2.75, 3.05) is 0 Å². The van der Waals surface area contributed by atoms with Crippen LogP contribution in [0.5, 0.6) is 0 Å². The summed E-state index contributed by atoms with van der Waals surface area (Å²) in [7, 11) is 0. The van der Waals surface area contributed by atoms with Gasteiger partial charge in [0, 0.05) is 12.8 Å². The summed E-state index contributed by atoms with van der Waals surface area (Å²) in [5.74, 6) is -0.928. The van der Waals surface area contributed by atoms with E-state index in [1.165, 1.54) is 6.08 Å². The number of hydrogen-bond donors (Lipinski definition) is 3. The highest BCUT2D eigenvalue weighted by Crippen LogP contribution is 2.25. The van der Waals surface area contributed by atoms with Gasteiger partial charge >= 0.3 is 0 Å². The molecular weight excluding hydrogens is 208 g/mol. The van der Waals surface area contributed by atoms with Gasteiger partial charge in [0.2, 0.25) is 0 Å². The SMILES string of the molecule is CCCCCC(=O)C1C(O)C=C(O)CC1O. The number of aliphatic hydroxyl groups excluding tert-OH is 3. The Bertz CT molecular complexity index is 272. The molecule has 0 spiro atoms. The van der Waals surface area contributed by atoms with Crippen molar-refractivity contribution in [2.45, 2.75) is 51.2 Å². The molecule has 0 amide bonds. The van der Waals surface area contributed by atoms with Crippen molar-refractivity contribution in [1.29, 1.82) is 0 Å². The summed E-state index contributed by atoms with van der Waals surface area (Å²) in [6.45, 7) is 2.05. The minimum Gasteiger partial charge on any atom is -0.512 e. The van der Waals surface area contributed by atoms with Crippen LogP contribution in [0.15, 0.2) is 11.8 Å². The minimum atomic E-state index is -1.06. The molecule has 3 unspecified atom stereocenters. The Balaban J connectivity index is 2.54. The van der Waals surface area contributed by atoms with Crippen molar-refractivity contribution < 1.29 is 20.1 Å². The molecule has 92 valence electrons. The molecule has 0 saturated carbocycles. The van der Waals surface area contributed by atoms with Crippen molar-refractivity contribution >= 4 is 5.78 Å². The predicted molar refractivity (Wildman–Crippen MR) is 60.0 cm³/mol. The van der Waals surface area contributed by atoms with Gasteiger partial charge in [0.05, 0.1) is 23.9 Å². The number of carbonyl (C=O) groups is 1. The molecule has 4 nitrogen and oxygen atoms in total. The fourth-order valence-electron chi connectivity index (χ4n) is 2.06. The second-order valence-electron chi connectivity index (χ2n) is 4.37. The van der Waals surface area contributed by atoms with Crippen LogP contribution in [-0.2, 0) is 4.79 Å². The van der Waals surface area contributed by atoms with Crippen LogP contribution in [0.3, 0.4) is 0 Å². The number of aliphatic hydroxyl groups is 3. The maximum atomic E-state index is 11.8. The van der Waals surface area contributed by atoms with E-state index in [0.29, 0.717) is 6.42 Å². The van der Waals surface area contributed by atoms with Gasteiger partial charge < -0.3 is 15.3 Å². The number of carbonyl (C=O) groups excluding carboxylic acids is 1. The third kappa shape index (κ3) is 3.32. The first kappa shape index (κ1) is 13.2. The maximum Gasteiger partial charge on any atom is 0.141 e. The lowest BCUT2D eigenvalue weighted by molar-refractivity contribution is -0.131. The van der Waals surface area contributed by atoms with Gasteiger partial charge in [0.15, 0.2) is 0 Å². The van der Waals surface area contributed by atoms with Crippen molar-refractivity contribution in [1.82, 2.24) is 0 Å². The maximum absolute atomic E-state index is 11.8. The lowest BCUT2D eigenvalue weighted by Crippen LogP contribution is -2.40. The highest BCUT2D eigenvalue weighted by molar-refractivity contribution is 5.82. The lowest BCUT2D eigenvalue weighted by Gasteiger charge is -2.28. The first-order chi connectivity index (χ1) is 7.56. The summed E-state index contributed by atoms with van der Waals surface area (Å²) in [5.41, 5.74) is 0. The van der Waals surface area contributed by atoms with E-state index >= 15 is 0 Å². The molecule has 0 aliphatic heterocycles. The van der Waals surface area contributed by atoms with Gasteiger partial charge in [-0.05, 0) is 12.5 Å². The van der Waals surface area contributed by atoms with Gasteiger partial charge in [-0.3, -0.25) is 4.79 Å². The second kappa shape index (κ2) is 6.01. The Labute approximate surface area is 95.6 Å². The van der Waals surface area contributed by atoms with E-state index in [1.54, 1.807) is 0 Å². The van der Waals surface area contributed by atoms with Crippen LogP contribution in [0.25, 0.3) is 0 Å². The smallest absolute Gasteiger partial charge is 0.141 e. The summed E-state index contributed by atoms with van der Waals surface area (Å²) in [6, 6.07) is 0. The van der Waals surface area contributed by atoms with Gasteiger partial charge in [-0.2, -0.15) is 0 Å². The molecule has 16 heavy (non-hydrogen) atoms. The minimum absolute atomic E-state index is 0.0439. The molecule has 0 radical (unpaired) electrons. The summed E-state index contributed by atoms with van der Waals surface area (Å²) in [5, 5.41) is 28.5. The van der Waals surface area contributed by atoms with Crippen LogP contribution in [0.4, 0.5) is 0 Å². The molecular formula is C12H20O4. The molecule has 0 fully saturated rings. The average molecular weight is 228 g/mol. The number of Topliss-reactive ketones (excluding diaryl/α,β-unsaturated/α-hetero) is 1. The van der Waals surface area contributed by atoms with Crippen molar-refractivity contribution in [3.8, 4) is 0 Å². The van der Waals surface area contributed by atoms with Crippen LogP contribution >= 0.6 is 0 Å². The zero-order chi connectivity index (χ0) is 12.1. The molecule has 0 aromatic rings. The molecule has 3 N–H and O–H groups in total. The Morgan fingerprint density at radius 3 is 2.69 bits per heavy atom. The molecule has 0 aromatic carbocycles. The number of unbranched alkanes of at least 4 members (excludes halogenated alkanes) is 2. The molecule has 3 atom stereocenters. The van der Waals surface area contributed by atoms with Gasteiger partial charge in [-0.1, -0.05) is 19.8 Å².